The molecule has 136 valence electrons. The summed E-state index contributed by atoms with van der Waals surface area (Å²) in [6, 6.07) is 7.53. The van der Waals surface area contributed by atoms with E-state index in [0.717, 1.165) is 48.9 Å². The lowest BCUT2D eigenvalue weighted by Crippen LogP contribution is -2.48. The van der Waals surface area contributed by atoms with Gasteiger partial charge in [0.1, 0.15) is 0 Å². The SMILES string of the molecule is C[C@]1(OC2CCCCO2)C[C@H](CS(=O)(=O)c2nc3ccccc3s2)C1. The van der Waals surface area contributed by atoms with E-state index in [4.69, 9.17) is 9.47 Å². The molecule has 2 aromatic rings. The molecule has 0 spiro atoms. The van der Waals surface area contributed by atoms with E-state index in [-0.39, 0.29) is 27.9 Å². The fourth-order valence-corrected chi connectivity index (χ4v) is 6.78. The molecule has 1 aliphatic heterocycles. The largest absolute Gasteiger partial charge is 0.353 e. The molecule has 1 atom stereocenters. The van der Waals surface area contributed by atoms with Gasteiger partial charge in [-0.25, -0.2) is 13.4 Å². The Labute approximate surface area is 152 Å². The minimum absolute atomic E-state index is 0.124. The predicted octanol–water partition coefficient (Wildman–Crippen LogP) is 3.78. The molecular formula is C18H23NO4S2. The van der Waals surface area contributed by atoms with E-state index in [1.807, 2.05) is 24.3 Å². The molecule has 1 aromatic carbocycles. The third-order valence-electron chi connectivity index (χ3n) is 4.99. The van der Waals surface area contributed by atoms with Gasteiger partial charge >= 0.3 is 0 Å². The molecule has 5 nitrogen and oxygen atoms in total. The van der Waals surface area contributed by atoms with Crippen LogP contribution in [0.5, 0.6) is 0 Å². The second kappa shape index (κ2) is 6.61. The van der Waals surface area contributed by atoms with Gasteiger partial charge in [0.2, 0.25) is 14.2 Å². The first-order valence-electron chi connectivity index (χ1n) is 8.81. The number of benzene rings is 1. The molecule has 1 saturated heterocycles. The highest BCUT2D eigenvalue weighted by Crippen LogP contribution is 2.43. The molecule has 25 heavy (non-hydrogen) atoms. The van der Waals surface area contributed by atoms with Crippen LogP contribution in [-0.4, -0.2) is 37.7 Å². The topological polar surface area (TPSA) is 65.5 Å². The van der Waals surface area contributed by atoms with Crippen molar-refractivity contribution in [1.29, 1.82) is 0 Å². The normalized spacial score (nSPS) is 30.3. The quantitative estimate of drug-likeness (QED) is 0.788. The zero-order valence-corrected chi connectivity index (χ0v) is 15.9. The number of hydrogen-bond acceptors (Lipinski definition) is 6. The summed E-state index contributed by atoms with van der Waals surface area (Å²) in [5.41, 5.74) is 0.498. The lowest BCUT2D eigenvalue weighted by molar-refractivity contribution is -0.248. The molecule has 2 aliphatic rings. The molecule has 1 aliphatic carbocycles. The van der Waals surface area contributed by atoms with Crippen molar-refractivity contribution in [3.8, 4) is 0 Å². The Bertz CT molecular complexity index is 816. The molecular weight excluding hydrogens is 358 g/mol. The third kappa shape index (κ3) is 3.74. The number of nitrogens with zero attached hydrogens (tertiary/aromatic N) is 1. The highest BCUT2D eigenvalue weighted by Gasteiger charge is 2.45. The fourth-order valence-electron chi connectivity index (χ4n) is 3.86. The molecule has 0 N–H and O–H groups in total. The Balaban J connectivity index is 1.37. The second-order valence-electron chi connectivity index (χ2n) is 7.37. The van der Waals surface area contributed by atoms with Crippen LogP contribution in [0.25, 0.3) is 10.2 Å². The molecule has 0 bridgehead atoms. The Morgan fingerprint density at radius 1 is 1.32 bits per heavy atom. The maximum atomic E-state index is 12.7. The van der Waals surface area contributed by atoms with Crippen molar-refractivity contribution >= 4 is 31.4 Å². The number of thiazole rings is 1. The number of ether oxygens (including phenoxy) is 2. The lowest BCUT2D eigenvalue weighted by atomic mass is 9.73. The number of para-hydroxylation sites is 1. The Kier molecular flexibility index (Phi) is 4.60. The van der Waals surface area contributed by atoms with Crippen LogP contribution in [0.1, 0.15) is 39.0 Å². The zero-order valence-electron chi connectivity index (χ0n) is 14.3. The lowest BCUT2D eigenvalue weighted by Gasteiger charge is -2.46. The average Bonchev–Trinajstić information content (AvgIpc) is 2.99. The second-order valence-corrected chi connectivity index (χ2v) is 10.6. The highest BCUT2D eigenvalue weighted by atomic mass is 32.2. The molecule has 1 unspecified atom stereocenters. The van der Waals surface area contributed by atoms with Crippen LogP contribution >= 0.6 is 11.3 Å². The van der Waals surface area contributed by atoms with Crippen molar-refractivity contribution in [2.75, 3.05) is 12.4 Å². The van der Waals surface area contributed by atoms with Crippen molar-refractivity contribution in [3.05, 3.63) is 24.3 Å². The number of rotatable bonds is 5. The van der Waals surface area contributed by atoms with Gasteiger partial charge in [0.15, 0.2) is 6.29 Å². The summed E-state index contributed by atoms with van der Waals surface area (Å²) in [4.78, 5) is 4.31. The number of aromatic nitrogens is 1. The van der Waals surface area contributed by atoms with Gasteiger partial charge in [-0.2, -0.15) is 0 Å². The van der Waals surface area contributed by atoms with Crippen LogP contribution in [0.15, 0.2) is 28.6 Å². The van der Waals surface area contributed by atoms with Crippen molar-refractivity contribution in [1.82, 2.24) is 4.98 Å². The third-order valence-corrected chi connectivity index (χ3v) is 8.37. The maximum absolute atomic E-state index is 12.7. The predicted molar refractivity (Wildman–Crippen MR) is 97.5 cm³/mol. The minimum atomic E-state index is -3.34. The van der Waals surface area contributed by atoms with E-state index in [2.05, 4.69) is 11.9 Å². The molecule has 0 radical (unpaired) electrons. The van der Waals surface area contributed by atoms with Crippen molar-refractivity contribution in [2.24, 2.45) is 5.92 Å². The summed E-state index contributed by atoms with van der Waals surface area (Å²) < 4.78 is 38.2. The summed E-state index contributed by atoms with van der Waals surface area (Å²) in [5, 5.41) is 0. The standard InChI is InChI=1S/C18H23NO4S2/c1-18(23-16-8-4-5-9-22-16)10-13(11-18)12-25(20,21)17-19-14-6-2-3-7-15(14)24-17/h2-3,6-7,13,16H,4-5,8-12H2,1H3/t13-,16?,18-. The summed E-state index contributed by atoms with van der Waals surface area (Å²) in [5.74, 6) is 0.280. The highest BCUT2D eigenvalue weighted by molar-refractivity contribution is 7.93. The van der Waals surface area contributed by atoms with Crippen molar-refractivity contribution in [2.45, 2.75) is 55.3 Å². The molecule has 0 amide bonds. The van der Waals surface area contributed by atoms with E-state index in [1.54, 1.807) is 0 Å². The summed E-state index contributed by atoms with van der Waals surface area (Å²) in [6.45, 7) is 2.82. The first-order chi connectivity index (χ1) is 11.9. The Hall–Kier alpha value is -1.02. The van der Waals surface area contributed by atoms with E-state index in [9.17, 15) is 8.42 Å². The summed E-state index contributed by atoms with van der Waals surface area (Å²) in [6.07, 6.45) is 4.56. The summed E-state index contributed by atoms with van der Waals surface area (Å²) >= 11 is 1.26. The minimum Gasteiger partial charge on any atom is -0.353 e. The van der Waals surface area contributed by atoms with Gasteiger partial charge in [-0.05, 0) is 57.1 Å². The number of hydrogen-bond donors (Lipinski definition) is 0. The smallest absolute Gasteiger partial charge is 0.210 e. The van der Waals surface area contributed by atoms with Crippen LogP contribution in [0.3, 0.4) is 0 Å². The van der Waals surface area contributed by atoms with Crippen LogP contribution < -0.4 is 0 Å². The molecule has 2 fully saturated rings. The van der Waals surface area contributed by atoms with Crippen LogP contribution in [0, 0.1) is 5.92 Å². The molecule has 4 rings (SSSR count). The molecule has 1 saturated carbocycles. The average molecular weight is 382 g/mol. The molecule has 1 aromatic heterocycles. The van der Waals surface area contributed by atoms with Gasteiger partial charge in [0, 0.05) is 6.61 Å². The van der Waals surface area contributed by atoms with E-state index in [1.165, 1.54) is 11.3 Å². The number of fused-ring (bicyclic) bond motifs is 1. The summed E-state index contributed by atoms with van der Waals surface area (Å²) in [7, 11) is -3.34. The van der Waals surface area contributed by atoms with Crippen LogP contribution in [0.4, 0.5) is 0 Å². The van der Waals surface area contributed by atoms with E-state index >= 15 is 0 Å². The fraction of sp³-hybridized carbons (Fsp3) is 0.611. The van der Waals surface area contributed by atoms with Crippen molar-refractivity contribution < 1.29 is 17.9 Å². The van der Waals surface area contributed by atoms with Gasteiger partial charge in [-0.1, -0.05) is 12.1 Å². The van der Waals surface area contributed by atoms with Gasteiger partial charge in [0.25, 0.3) is 0 Å². The van der Waals surface area contributed by atoms with Gasteiger partial charge < -0.3 is 9.47 Å². The van der Waals surface area contributed by atoms with Crippen LogP contribution in [-0.2, 0) is 19.3 Å². The number of sulfone groups is 1. The van der Waals surface area contributed by atoms with Gasteiger partial charge in [-0.3, -0.25) is 0 Å². The van der Waals surface area contributed by atoms with E-state index < -0.39 is 9.84 Å². The first kappa shape index (κ1) is 17.4. The van der Waals surface area contributed by atoms with Crippen LogP contribution in [0.2, 0.25) is 0 Å². The Morgan fingerprint density at radius 2 is 2.12 bits per heavy atom. The Morgan fingerprint density at radius 3 is 2.84 bits per heavy atom. The van der Waals surface area contributed by atoms with E-state index in [0.29, 0.717) is 0 Å². The van der Waals surface area contributed by atoms with Gasteiger partial charge in [-0.15, -0.1) is 11.3 Å². The first-order valence-corrected chi connectivity index (χ1v) is 11.3. The molecule has 2 heterocycles. The molecule has 7 heteroatoms. The zero-order chi connectivity index (χ0) is 17.5. The van der Waals surface area contributed by atoms with Gasteiger partial charge in [0.05, 0.1) is 21.6 Å². The maximum Gasteiger partial charge on any atom is 0.210 e. The van der Waals surface area contributed by atoms with Crippen molar-refractivity contribution in [3.63, 3.8) is 0 Å². The monoisotopic (exact) mass is 381 g/mol.